The van der Waals surface area contributed by atoms with Crippen LogP contribution in [0.2, 0.25) is 0 Å². The van der Waals surface area contributed by atoms with Gasteiger partial charge in [0.1, 0.15) is 11.6 Å². The Balaban J connectivity index is 3.06. The lowest BCUT2D eigenvalue weighted by Crippen LogP contribution is -2.28. The number of hydrogen-bond acceptors (Lipinski definition) is 3. The van der Waals surface area contributed by atoms with E-state index in [-0.39, 0.29) is 6.54 Å². The van der Waals surface area contributed by atoms with Crippen LogP contribution in [-0.4, -0.2) is 20.2 Å². The third kappa shape index (κ3) is 2.76. The van der Waals surface area contributed by atoms with Crippen molar-refractivity contribution < 1.29 is 17.2 Å². The van der Waals surface area contributed by atoms with Gasteiger partial charge in [0.05, 0.1) is 11.0 Å². The summed E-state index contributed by atoms with van der Waals surface area (Å²) < 4.78 is 49.7. The van der Waals surface area contributed by atoms with Crippen molar-refractivity contribution in [2.75, 3.05) is 6.54 Å². The summed E-state index contributed by atoms with van der Waals surface area (Å²) in [6.07, 6.45) is 0. The number of nitrogens with two attached hydrogens (primary N) is 1. The van der Waals surface area contributed by atoms with Gasteiger partial charge in [-0.2, -0.15) is 0 Å². The van der Waals surface area contributed by atoms with E-state index in [0.717, 1.165) is 12.1 Å². The van der Waals surface area contributed by atoms with Gasteiger partial charge < -0.3 is 5.73 Å². The molecule has 6 heteroatoms. The highest BCUT2D eigenvalue weighted by atomic mass is 32.2. The summed E-state index contributed by atoms with van der Waals surface area (Å²) in [5.74, 6) is -2.37. The molecule has 0 aliphatic rings. The lowest BCUT2D eigenvalue weighted by Gasteiger charge is -2.11. The van der Waals surface area contributed by atoms with Crippen LogP contribution in [0.4, 0.5) is 8.78 Å². The summed E-state index contributed by atoms with van der Waals surface area (Å²) in [6.45, 7) is 1.34. The molecule has 0 spiro atoms. The number of rotatable bonds is 4. The van der Waals surface area contributed by atoms with Crippen LogP contribution in [0.15, 0.2) is 18.2 Å². The molecule has 1 aromatic carbocycles. The van der Waals surface area contributed by atoms with E-state index in [1.807, 2.05) is 0 Å². The van der Waals surface area contributed by atoms with Gasteiger partial charge in [0, 0.05) is 12.1 Å². The second kappa shape index (κ2) is 4.88. The Bertz CT molecular complexity index is 453. The monoisotopic (exact) mass is 249 g/mol. The summed E-state index contributed by atoms with van der Waals surface area (Å²) in [5, 5.41) is -0.813. The van der Waals surface area contributed by atoms with Gasteiger partial charge in [0.2, 0.25) is 0 Å². The number of sulfone groups is 1. The van der Waals surface area contributed by atoms with Crippen molar-refractivity contribution in [1.82, 2.24) is 0 Å². The van der Waals surface area contributed by atoms with Gasteiger partial charge in [0.25, 0.3) is 0 Å². The Morgan fingerprint density at radius 1 is 1.31 bits per heavy atom. The average Bonchev–Trinajstić information content (AvgIpc) is 2.22. The normalized spacial score (nSPS) is 13.8. The lowest BCUT2D eigenvalue weighted by molar-refractivity contribution is 0.552. The SMILES string of the molecule is CC(CN)S(=O)(=O)Cc1c(F)cccc1F. The van der Waals surface area contributed by atoms with Crippen molar-refractivity contribution in [3.63, 3.8) is 0 Å². The predicted octanol–water partition coefficient (Wildman–Crippen LogP) is 1.23. The summed E-state index contributed by atoms with van der Waals surface area (Å²) in [5.41, 5.74) is 4.79. The third-order valence-electron chi connectivity index (χ3n) is 2.35. The molecule has 3 nitrogen and oxygen atoms in total. The minimum atomic E-state index is -3.61. The molecular weight excluding hydrogens is 236 g/mol. The molecule has 1 rings (SSSR count). The van der Waals surface area contributed by atoms with Crippen molar-refractivity contribution in [2.45, 2.75) is 17.9 Å². The number of hydrogen-bond donors (Lipinski definition) is 1. The second-order valence-corrected chi connectivity index (χ2v) is 5.97. The van der Waals surface area contributed by atoms with Crippen LogP contribution in [0.1, 0.15) is 12.5 Å². The molecule has 16 heavy (non-hydrogen) atoms. The average molecular weight is 249 g/mol. The molecule has 1 unspecified atom stereocenters. The molecule has 0 fully saturated rings. The van der Waals surface area contributed by atoms with E-state index in [2.05, 4.69) is 0 Å². The van der Waals surface area contributed by atoms with E-state index in [1.54, 1.807) is 0 Å². The van der Waals surface area contributed by atoms with Crippen LogP contribution in [0.3, 0.4) is 0 Å². The number of halogens is 2. The van der Waals surface area contributed by atoms with Crippen molar-refractivity contribution in [3.05, 3.63) is 35.4 Å². The predicted molar refractivity (Wildman–Crippen MR) is 57.5 cm³/mol. The maximum absolute atomic E-state index is 13.2. The zero-order chi connectivity index (χ0) is 12.3. The fourth-order valence-corrected chi connectivity index (χ4v) is 2.42. The molecular formula is C10H13F2NO2S. The minimum Gasteiger partial charge on any atom is -0.329 e. The van der Waals surface area contributed by atoms with Crippen LogP contribution in [0, 0.1) is 11.6 Å². The molecule has 1 aromatic rings. The van der Waals surface area contributed by atoms with Gasteiger partial charge in [-0.25, -0.2) is 17.2 Å². The number of benzene rings is 1. The third-order valence-corrected chi connectivity index (χ3v) is 4.46. The molecule has 0 bridgehead atoms. The molecule has 0 saturated carbocycles. The minimum absolute atomic E-state index is 0.0710. The lowest BCUT2D eigenvalue weighted by atomic mass is 10.2. The Hall–Kier alpha value is -1.01. The highest BCUT2D eigenvalue weighted by Gasteiger charge is 2.23. The van der Waals surface area contributed by atoms with Crippen molar-refractivity contribution in [3.8, 4) is 0 Å². The quantitative estimate of drug-likeness (QED) is 0.873. The first-order valence-electron chi connectivity index (χ1n) is 4.73. The highest BCUT2D eigenvalue weighted by molar-refractivity contribution is 7.91. The summed E-state index contributed by atoms with van der Waals surface area (Å²) in [4.78, 5) is 0. The summed E-state index contributed by atoms with van der Waals surface area (Å²) >= 11 is 0. The first-order valence-corrected chi connectivity index (χ1v) is 6.44. The largest absolute Gasteiger partial charge is 0.329 e. The van der Waals surface area contributed by atoms with E-state index >= 15 is 0 Å². The standard InChI is InChI=1S/C10H13F2NO2S/c1-7(5-13)16(14,15)6-8-9(11)3-2-4-10(8)12/h2-4,7H,5-6,13H2,1H3. The molecule has 90 valence electrons. The fourth-order valence-electron chi connectivity index (χ4n) is 1.16. The van der Waals surface area contributed by atoms with Gasteiger partial charge in [-0.1, -0.05) is 6.07 Å². The van der Waals surface area contributed by atoms with Crippen LogP contribution in [-0.2, 0) is 15.6 Å². The van der Waals surface area contributed by atoms with Crippen molar-refractivity contribution in [2.24, 2.45) is 5.73 Å². The van der Waals surface area contributed by atoms with E-state index < -0.39 is 38.0 Å². The zero-order valence-corrected chi connectivity index (χ0v) is 9.60. The Kier molecular flexibility index (Phi) is 3.98. The topological polar surface area (TPSA) is 60.2 Å². The summed E-state index contributed by atoms with van der Waals surface area (Å²) in [7, 11) is -3.61. The molecule has 0 aromatic heterocycles. The van der Waals surface area contributed by atoms with Crippen LogP contribution >= 0.6 is 0 Å². The van der Waals surface area contributed by atoms with E-state index in [1.165, 1.54) is 13.0 Å². The zero-order valence-electron chi connectivity index (χ0n) is 8.78. The van der Waals surface area contributed by atoms with E-state index in [9.17, 15) is 17.2 Å². The van der Waals surface area contributed by atoms with Gasteiger partial charge >= 0.3 is 0 Å². The molecule has 0 aliphatic heterocycles. The van der Waals surface area contributed by atoms with Crippen LogP contribution in [0.25, 0.3) is 0 Å². The Morgan fingerprint density at radius 2 is 1.81 bits per heavy atom. The van der Waals surface area contributed by atoms with E-state index in [0.29, 0.717) is 0 Å². The summed E-state index contributed by atoms with van der Waals surface area (Å²) in [6, 6.07) is 3.25. The maximum Gasteiger partial charge on any atom is 0.158 e. The van der Waals surface area contributed by atoms with Gasteiger partial charge in [-0.05, 0) is 19.1 Å². The van der Waals surface area contributed by atoms with Gasteiger partial charge in [-0.15, -0.1) is 0 Å². The molecule has 0 saturated heterocycles. The molecule has 0 heterocycles. The van der Waals surface area contributed by atoms with Gasteiger partial charge in [-0.3, -0.25) is 0 Å². The molecule has 1 atom stereocenters. The van der Waals surface area contributed by atoms with E-state index in [4.69, 9.17) is 5.73 Å². The van der Waals surface area contributed by atoms with Crippen molar-refractivity contribution in [1.29, 1.82) is 0 Å². The van der Waals surface area contributed by atoms with Crippen molar-refractivity contribution >= 4 is 9.84 Å². The Morgan fingerprint density at radius 3 is 2.25 bits per heavy atom. The van der Waals surface area contributed by atoms with Gasteiger partial charge in [0.15, 0.2) is 9.84 Å². The fraction of sp³-hybridized carbons (Fsp3) is 0.400. The first kappa shape index (κ1) is 13.1. The van der Waals surface area contributed by atoms with Crippen LogP contribution < -0.4 is 5.73 Å². The Labute approximate surface area is 93.2 Å². The first-order chi connectivity index (χ1) is 7.38. The molecule has 0 aliphatic carbocycles. The maximum atomic E-state index is 13.2. The molecule has 2 N–H and O–H groups in total. The second-order valence-electron chi connectivity index (χ2n) is 3.55. The molecule has 0 radical (unpaired) electrons. The van der Waals surface area contributed by atoms with Crippen LogP contribution in [0.5, 0.6) is 0 Å². The molecule has 0 amide bonds. The smallest absolute Gasteiger partial charge is 0.158 e. The highest BCUT2D eigenvalue weighted by Crippen LogP contribution is 2.17.